The Labute approximate surface area is 133 Å². The summed E-state index contributed by atoms with van der Waals surface area (Å²) >= 11 is 0. The molecule has 1 N–H and O–H groups in total. The van der Waals surface area contributed by atoms with Crippen molar-refractivity contribution in [1.82, 2.24) is 5.32 Å². The van der Waals surface area contributed by atoms with E-state index in [4.69, 9.17) is 4.74 Å². The first kappa shape index (κ1) is 17.0. The van der Waals surface area contributed by atoms with Crippen LogP contribution in [0.2, 0.25) is 0 Å². The van der Waals surface area contributed by atoms with Crippen molar-refractivity contribution < 1.29 is 9.53 Å². The molecule has 1 amide bonds. The summed E-state index contributed by atoms with van der Waals surface area (Å²) in [7, 11) is 3.54. The van der Waals surface area contributed by atoms with E-state index in [2.05, 4.69) is 31.3 Å². The first-order chi connectivity index (χ1) is 10.5. The summed E-state index contributed by atoms with van der Waals surface area (Å²) in [5.41, 5.74) is 1.84. The minimum Gasteiger partial charge on any atom is -0.384 e. The van der Waals surface area contributed by atoms with Gasteiger partial charge in [0.15, 0.2) is 0 Å². The first-order valence-corrected chi connectivity index (χ1v) is 8.08. The van der Waals surface area contributed by atoms with E-state index in [1.807, 2.05) is 19.2 Å². The van der Waals surface area contributed by atoms with Gasteiger partial charge in [-0.2, -0.15) is 0 Å². The SMILES string of the molecule is COCC1(C(=O)N(C)c2ccc(C(C)C)cc2)CCNCC1. The molecule has 1 saturated heterocycles. The van der Waals surface area contributed by atoms with Crippen LogP contribution < -0.4 is 10.2 Å². The highest BCUT2D eigenvalue weighted by molar-refractivity contribution is 5.97. The molecule has 0 spiro atoms. The Kier molecular flexibility index (Phi) is 5.59. The van der Waals surface area contributed by atoms with Crippen LogP contribution in [0.1, 0.15) is 38.2 Å². The fourth-order valence-electron chi connectivity index (χ4n) is 3.16. The fraction of sp³-hybridized carbons (Fsp3) is 0.611. The van der Waals surface area contributed by atoms with Crippen molar-refractivity contribution in [2.75, 3.05) is 38.8 Å². The third-order valence-corrected chi connectivity index (χ3v) is 4.69. The van der Waals surface area contributed by atoms with Gasteiger partial charge in [0.05, 0.1) is 12.0 Å². The van der Waals surface area contributed by atoms with Gasteiger partial charge in [0, 0.05) is 19.8 Å². The number of hydrogen-bond acceptors (Lipinski definition) is 3. The Morgan fingerprint density at radius 3 is 2.36 bits per heavy atom. The van der Waals surface area contributed by atoms with Crippen LogP contribution in [0.4, 0.5) is 5.69 Å². The van der Waals surface area contributed by atoms with Crippen LogP contribution in [0.5, 0.6) is 0 Å². The molecule has 0 radical (unpaired) electrons. The smallest absolute Gasteiger partial charge is 0.235 e. The minimum atomic E-state index is -0.397. The Hall–Kier alpha value is -1.39. The number of anilines is 1. The van der Waals surface area contributed by atoms with Crippen LogP contribution in [0.25, 0.3) is 0 Å². The van der Waals surface area contributed by atoms with Crippen LogP contribution in [0.3, 0.4) is 0 Å². The van der Waals surface area contributed by atoms with Crippen LogP contribution in [-0.4, -0.2) is 39.8 Å². The molecular weight excluding hydrogens is 276 g/mol. The molecule has 0 atom stereocenters. The molecule has 0 aromatic heterocycles. The third kappa shape index (κ3) is 3.50. The number of carbonyl (C=O) groups is 1. The number of rotatable bonds is 5. The Bertz CT molecular complexity index is 485. The third-order valence-electron chi connectivity index (χ3n) is 4.69. The predicted octanol–water partition coefficient (Wildman–Crippen LogP) is 2.79. The highest BCUT2D eigenvalue weighted by Gasteiger charge is 2.41. The van der Waals surface area contributed by atoms with Gasteiger partial charge in [0.1, 0.15) is 0 Å². The van der Waals surface area contributed by atoms with Crippen LogP contribution in [0, 0.1) is 5.41 Å². The van der Waals surface area contributed by atoms with Crippen LogP contribution >= 0.6 is 0 Å². The lowest BCUT2D eigenvalue weighted by molar-refractivity contribution is -0.133. The summed E-state index contributed by atoms with van der Waals surface area (Å²) in [5, 5.41) is 3.33. The minimum absolute atomic E-state index is 0.160. The van der Waals surface area contributed by atoms with Crippen LogP contribution in [-0.2, 0) is 9.53 Å². The molecule has 1 fully saturated rings. The maximum absolute atomic E-state index is 13.0. The molecule has 1 heterocycles. The molecular formula is C18H28N2O2. The number of nitrogens with one attached hydrogen (secondary N) is 1. The highest BCUT2D eigenvalue weighted by Crippen LogP contribution is 2.33. The highest BCUT2D eigenvalue weighted by atomic mass is 16.5. The second kappa shape index (κ2) is 7.25. The number of hydrogen-bond donors (Lipinski definition) is 1. The Morgan fingerprint density at radius 1 is 1.27 bits per heavy atom. The predicted molar refractivity (Wildman–Crippen MR) is 90.4 cm³/mol. The zero-order chi connectivity index (χ0) is 16.2. The normalized spacial score (nSPS) is 17.5. The molecule has 0 saturated carbocycles. The number of piperidine rings is 1. The van der Waals surface area contributed by atoms with Crippen molar-refractivity contribution in [1.29, 1.82) is 0 Å². The summed E-state index contributed by atoms with van der Waals surface area (Å²) in [6.07, 6.45) is 1.65. The first-order valence-electron chi connectivity index (χ1n) is 8.08. The average Bonchev–Trinajstić information content (AvgIpc) is 2.54. The van der Waals surface area contributed by atoms with Gasteiger partial charge in [0.25, 0.3) is 0 Å². The summed E-state index contributed by atoms with van der Waals surface area (Å²) < 4.78 is 5.37. The van der Waals surface area contributed by atoms with E-state index in [1.165, 1.54) is 5.56 Å². The van der Waals surface area contributed by atoms with E-state index in [0.717, 1.165) is 31.6 Å². The second-order valence-corrected chi connectivity index (χ2v) is 6.57. The van der Waals surface area contributed by atoms with E-state index in [0.29, 0.717) is 12.5 Å². The molecule has 122 valence electrons. The quantitative estimate of drug-likeness (QED) is 0.909. The van der Waals surface area contributed by atoms with Gasteiger partial charge in [-0.15, -0.1) is 0 Å². The van der Waals surface area contributed by atoms with Crippen LogP contribution in [0.15, 0.2) is 24.3 Å². The van der Waals surface area contributed by atoms with Crippen molar-refractivity contribution in [3.05, 3.63) is 29.8 Å². The summed E-state index contributed by atoms with van der Waals surface area (Å²) in [6.45, 7) is 6.57. The molecule has 1 aliphatic heterocycles. The number of methoxy groups -OCH3 is 1. The molecule has 0 aliphatic carbocycles. The van der Waals surface area contributed by atoms with Crippen molar-refractivity contribution in [3.8, 4) is 0 Å². The molecule has 1 aromatic carbocycles. The van der Waals surface area contributed by atoms with Gasteiger partial charge in [-0.1, -0.05) is 26.0 Å². The van der Waals surface area contributed by atoms with Gasteiger partial charge in [-0.3, -0.25) is 4.79 Å². The molecule has 1 aromatic rings. The molecule has 2 rings (SSSR count). The standard InChI is InChI=1S/C18H28N2O2/c1-14(2)15-5-7-16(8-6-15)20(3)17(21)18(13-22-4)9-11-19-12-10-18/h5-8,14,19H,9-13H2,1-4H3. The van der Waals surface area contributed by atoms with Crippen molar-refractivity contribution in [3.63, 3.8) is 0 Å². The number of amides is 1. The van der Waals surface area contributed by atoms with Gasteiger partial charge in [0.2, 0.25) is 5.91 Å². The van der Waals surface area contributed by atoms with Gasteiger partial charge in [-0.05, 0) is 49.5 Å². The number of nitrogens with zero attached hydrogens (tertiary/aromatic N) is 1. The van der Waals surface area contributed by atoms with Crippen molar-refractivity contribution >= 4 is 11.6 Å². The molecule has 4 heteroatoms. The van der Waals surface area contributed by atoms with Gasteiger partial charge < -0.3 is 15.0 Å². The van der Waals surface area contributed by atoms with Gasteiger partial charge in [-0.25, -0.2) is 0 Å². The van der Waals surface area contributed by atoms with E-state index in [9.17, 15) is 4.79 Å². The lowest BCUT2D eigenvalue weighted by Gasteiger charge is -2.38. The molecule has 22 heavy (non-hydrogen) atoms. The second-order valence-electron chi connectivity index (χ2n) is 6.57. The maximum Gasteiger partial charge on any atom is 0.235 e. The van der Waals surface area contributed by atoms with E-state index >= 15 is 0 Å². The van der Waals surface area contributed by atoms with E-state index in [-0.39, 0.29) is 5.91 Å². The molecule has 0 unspecified atom stereocenters. The van der Waals surface area contributed by atoms with Crippen molar-refractivity contribution in [2.24, 2.45) is 5.41 Å². The largest absolute Gasteiger partial charge is 0.384 e. The fourth-order valence-corrected chi connectivity index (χ4v) is 3.16. The summed E-state index contributed by atoms with van der Waals surface area (Å²) in [6, 6.07) is 8.29. The van der Waals surface area contributed by atoms with Gasteiger partial charge >= 0.3 is 0 Å². The monoisotopic (exact) mass is 304 g/mol. The lowest BCUT2D eigenvalue weighted by Crippen LogP contribution is -2.50. The number of carbonyl (C=O) groups excluding carboxylic acids is 1. The number of ether oxygens (including phenoxy) is 1. The lowest BCUT2D eigenvalue weighted by atomic mass is 9.78. The van der Waals surface area contributed by atoms with Crippen molar-refractivity contribution in [2.45, 2.75) is 32.6 Å². The summed E-state index contributed by atoms with van der Waals surface area (Å²) in [4.78, 5) is 14.8. The number of benzene rings is 1. The van der Waals surface area contributed by atoms with E-state index < -0.39 is 5.41 Å². The maximum atomic E-state index is 13.0. The topological polar surface area (TPSA) is 41.6 Å². The molecule has 0 bridgehead atoms. The average molecular weight is 304 g/mol. The Morgan fingerprint density at radius 2 is 1.86 bits per heavy atom. The summed E-state index contributed by atoms with van der Waals surface area (Å²) in [5.74, 6) is 0.660. The zero-order valence-electron chi connectivity index (χ0n) is 14.2. The van der Waals surface area contributed by atoms with E-state index in [1.54, 1.807) is 12.0 Å². The molecule has 4 nitrogen and oxygen atoms in total. The zero-order valence-corrected chi connectivity index (χ0v) is 14.2. The molecule has 1 aliphatic rings. The Balaban J connectivity index is 2.18.